The molecule has 1 atom stereocenters. The average molecular weight is 291 g/mol. The first kappa shape index (κ1) is 13.3. The highest BCUT2D eigenvalue weighted by Crippen LogP contribution is 2.49. The molecular formula is C15H15ClN2O2. The topological polar surface area (TPSA) is 52.1 Å². The minimum absolute atomic E-state index is 0.0183. The second-order valence-corrected chi connectivity index (χ2v) is 5.91. The van der Waals surface area contributed by atoms with Gasteiger partial charge in [0.2, 0.25) is 5.82 Å². The number of rotatable bonds is 3. The van der Waals surface area contributed by atoms with Crippen molar-refractivity contribution >= 4 is 28.5 Å². The fraction of sp³-hybridized carbons (Fsp3) is 0.400. The standard InChI is InChI=1S/C15H15ClN2O2/c1-9(15(2)7-8-15)20-14(19)13-17-11-6-4-3-5-10(11)12(16)18-13/h3-6,9H,7-8H2,1-2H3. The fourth-order valence-corrected chi connectivity index (χ4v) is 2.33. The molecule has 0 saturated heterocycles. The van der Waals surface area contributed by atoms with Crippen LogP contribution in [0.4, 0.5) is 0 Å². The van der Waals surface area contributed by atoms with Crippen molar-refractivity contribution in [3.8, 4) is 0 Å². The van der Waals surface area contributed by atoms with E-state index in [1.807, 2.05) is 25.1 Å². The predicted molar refractivity (Wildman–Crippen MR) is 76.8 cm³/mol. The Morgan fingerprint density at radius 2 is 2.05 bits per heavy atom. The zero-order valence-electron chi connectivity index (χ0n) is 11.4. The molecule has 0 spiro atoms. The van der Waals surface area contributed by atoms with E-state index in [0.29, 0.717) is 5.52 Å². The zero-order valence-corrected chi connectivity index (χ0v) is 12.1. The summed E-state index contributed by atoms with van der Waals surface area (Å²) in [5, 5.41) is 1.00. The first-order chi connectivity index (χ1) is 9.49. The molecule has 1 saturated carbocycles. The van der Waals surface area contributed by atoms with E-state index in [4.69, 9.17) is 16.3 Å². The Hall–Kier alpha value is -1.68. The largest absolute Gasteiger partial charge is 0.456 e. The van der Waals surface area contributed by atoms with Gasteiger partial charge >= 0.3 is 5.97 Å². The minimum Gasteiger partial charge on any atom is -0.456 e. The van der Waals surface area contributed by atoms with Gasteiger partial charge in [-0.15, -0.1) is 0 Å². The second kappa shape index (κ2) is 4.70. The summed E-state index contributed by atoms with van der Waals surface area (Å²) in [7, 11) is 0. The normalized spacial score (nSPS) is 17.8. The van der Waals surface area contributed by atoms with Crippen LogP contribution < -0.4 is 0 Å². The molecule has 1 heterocycles. The van der Waals surface area contributed by atoms with Gasteiger partial charge in [-0.25, -0.2) is 14.8 Å². The van der Waals surface area contributed by atoms with Gasteiger partial charge in [0.15, 0.2) is 0 Å². The van der Waals surface area contributed by atoms with Crippen LogP contribution in [0.25, 0.3) is 10.9 Å². The Morgan fingerprint density at radius 1 is 1.35 bits per heavy atom. The van der Waals surface area contributed by atoms with Gasteiger partial charge in [0.1, 0.15) is 11.3 Å². The van der Waals surface area contributed by atoms with E-state index in [2.05, 4.69) is 16.9 Å². The lowest BCUT2D eigenvalue weighted by atomic mass is 10.0. The summed E-state index contributed by atoms with van der Waals surface area (Å²) in [4.78, 5) is 20.4. The van der Waals surface area contributed by atoms with Crippen molar-refractivity contribution in [3.05, 3.63) is 35.2 Å². The van der Waals surface area contributed by atoms with Crippen molar-refractivity contribution in [2.24, 2.45) is 5.41 Å². The predicted octanol–water partition coefficient (Wildman–Crippen LogP) is 3.63. The molecule has 104 valence electrons. The Bertz CT molecular complexity index is 683. The molecule has 1 fully saturated rings. The van der Waals surface area contributed by atoms with E-state index in [1.54, 1.807) is 6.07 Å². The molecule has 1 aliphatic carbocycles. The molecule has 1 aromatic heterocycles. The summed E-state index contributed by atoms with van der Waals surface area (Å²) in [6.07, 6.45) is 2.03. The summed E-state index contributed by atoms with van der Waals surface area (Å²) >= 11 is 6.09. The third-order valence-electron chi connectivity index (χ3n) is 4.04. The number of halogens is 1. The maximum absolute atomic E-state index is 12.1. The number of hydrogen-bond donors (Lipinski definition) is 0. The van der Waals surface area contributed by atoms with Crippen LogP contribution in [0.15, 0.2) is 24.3 Å². The number of benzene rings is 1. The molecule has 0 aliphatic heterocycles. The van der Waals surface area contributed by atoms with Crippen LogP contribution in [-0.4, -0.2) is 22.0 Å². The molecule has 3 rings (SSSR count). The fourth-order valence-electron chi connectivity index (χ4n) is 2.09. The highest BCUT2D eigenvalue weighted by atomic mass is 35.5. The molecule has 4 nitrogen and oxygen atoms in total. The van der Waals surface area contributed by atoms with E-state index in [-0.39, 0.29) is 22.5 Å². The van der Waals surface area contributed by atoms with E-state index in [9.17, 15) is 4.79 Å². The molecule has 0 amide bonds. The van der Waals surface area contributed by atoms with Gasteiger partial charge in [0.25, 0.3) is 0 Å². The van der Waals surface area contributed by atoms with Gasteiger partial charge < -0.3 is 4.74 Å². The molecule has 1 unspecified atom stereocenters. The highest BCUT2D eigenvalue weighted by Gasteiger charge is 2.45. The first-order valence-electron chi connectivity index (χ1n) is 6.63. The maximum Gasteiger partial charge on any atom is 0.376 e. The van der Waals surface area contributed by atoms with Crippen LogP contribution in [-0.2, 0) is 4.74 Å². The minimum atomic E-state index is -0.515. The van der Waals surface area contributed by atoms with Crippen LogP contribution in [0.5, 0.6) is 0 Å². The quantitative estimate of drug-likeness (QED) is 0.640. The number of ether oxygens (including phenoxy) is 1. The first-order valence-corrected chi connectivity index (χ1v) is 7.01. The highest BCUT2D eigenvalue weighted by molar-refractivity contribution is 6.34. The number of hydrogen-bond acceptors (Lipinski definition) is 4. The Kier molecular flexibility index (Phi) is 3.13. The summed E-state index contributed by atoms with van der Waals surface area (Å²) in [5.74, 6) is -0.497. The lowest BCUT2D eigenvalue weighted by Gasteiger charge is -2.18. The van der Waals surface area contributed by atoms with E-state index >= 15 is 0 Å². The summed E-state index contributed by atoms with van der Waals surface area (Å²) in [5.41, 5.74) is 0.751. The average Bonchev–Trinajstić information content (AvgIpc) is 3.18. The van der Waals surface area contributed by atoms with Crippen LogP contribution in [0.1, 0.15) is 37.3 Å². The van der Waals surface area contributed by atoms with E-state index in [0.717, 1.165) is 18.2 Å². The van der Waals surface area contributed by atoms with Crippen molar-refractivity contribution < 1.29 is 9.53 Å². The van der Waals surface area contributed by atoms with Crippen molar-refractivity contribution in [3.63, 3.8) is 0 Å². The van der Waals surface area contributed by atoms with Crippen molar-refractivity contribution in [2.75, 3.05) is 0 Å². The number of esters is 1. The SMILES string of the molecule is CC(OC(=O)c1nc(Cl)c2ccccc2n1)C1(C)CC1. The molecule has 1 aromatic carbocycles. The summed E-state index contributed by atoms with van der Waals surface area (Å²) in [6.45, 7) is 4.02. The summed E-state index contributed by atoms with van der Waals surface area (Å²) < 4.78 is 5.44. The van der Waals surface area contributed by atoms with Gasteiger partial charge in [0.05, 0.1) is 5.52 Å². The molecule has 1 aliphatic rings. The Balaban J connectivity index is 1.88. The van der Waals surface area contributed by atoms with Crippen LogP contribution in [0, 0.1) is 5.41 Å². The van der Waals surface area contributed by atoms with Gasteiger partial charge in [0, 0.05) is 10.8 Å². The van der Waals surface area contributed by atoms with Crippen molar-refractivity contribution in [1.29, 1.82) is 0 Å². The van der Waals surface area contributed by atoms with Gasteiger partial charge in [-0.05, 0) is 31.9 Å². The molecule has 20 heavy (non-hydrogen) atoms. The van der Waals surface area contributed by atoms with Gasteiger partial charge in [-0.3, -0.25) is 0 Å². The van der Waals surface area contributed by atoms with Crippen molar-refractivity contribution in [2.45, 2.75) is 32.8 Å². The number of aromatic nitrogens is 2. The Labute approximate surface area is 122 Å². The van der Waals surface area contributed by atoms with Crippen LogP contribution in [0.3, 0.4) is 0 Å². The molecule has 0 radical (unpaired) electrons. The van der Waals surface area contributed by atoms with Crippen LogP contribution >= 0.6 is 11.6 Å². The summed E-state index contributed by atoms with van der Waals surface area (Å²) in [6, 6.07) is 7.31. The molecular weight excluding hydrogens is 276 g/mol. The molecule has 0 bridgehead atoms. The number of para-hydroxylation sites is 1. The van der Waals surface area contributed by atoms with Gasteiger partial charge in [-0.2, -0.15) is 0 Å². The maximum atomic E-state index is 12.1. The number of fused-ring (bicyclic) bond motifs is 1. The Morgan fingerprint density at radius 3 is 2.75 bits per heavy atom. The smallest absolute Gasteiger partial charge is 0.376 e. The number of carbonyl (C=O) groups is 1. The lowest BCUT2D eigenvalue weighted by molar-refractivity contribution is 0.0163. The van der Waals surface area contributed by atoms with Gasteiger partial charge in [-0.1, -0.05) is 30.7 Å². The van der Waals surface area contributed by atoms with Crippen LogP contribution in [0.2, 0.25) is 5.15 Å². The van der Waals surface area contributed by atoms with E-state index in [1.165, 1.54) is 0 Å². The second-order valence-electron chi connectivity index (χ2n) is 5.56. The molecule has 2 aromatic rings. The zero-order chi connectivity index (χ0) is 14.3. The monoisotopic (exact) mass is 290 g/mol. The molecule has 5 heteroatoms. The third-order valence-corrected chi connectivity index (χ3v) is 4.33. The third kappa shape index (κ3) is 2.36. The number of carbonyl (C=O) groups excluding carboxylic acids is 1. The molecule has 0 N–H and O–H groups in total. The lowest BCUT2D eigenvalue weighted by Crippen LogP contribution is -2.24. The van der Waals surface area contributed by atoms with Crippen molar-refractivity contribution in [1.82, 2.24) is 9.97 Å². The number of nitrogens with zero attached hydrogens (tertiary/aromatic N) is 2. The van der Waals surface area contributed by atoms with E-state index < -0.39 is 5.97 Å².